The summed E-state index contributed by atoms with van der Waals surface area (Å²) in [6.07, 6.45) is 0. The first-order valence-corrected chi connectivity index (χ1v) is 7.97. The molecule has 0 aliphatic carbocycles. The molecule has 1 atom stereocenters. The molecule has 25 heavy (non-hydrogen) atoms. The molecule has 0 radical (unpaired) electrons. The van der Waals surface area contributed by atoms with Crippen molar-refractivity contribution >= 4 is 11.6 Å². The van der Waals surface area contributed by atoms with Crippen LogP contribution < -0.4 is 24.8 Å². The van der Waals surface area contributed by atoms with E-state index in [1.165, 1.54) is 0 Å². The van der Waals surface area contributed by atoms with Crippen LogP contribution in [0.5, 0.6) is 17.2 Å². The Morgan fingerprint density at radius 2 is 1.60 bits per heavy atom. The van der Waals surface area contributed by atoms with Gasteiger partial charge in [-0.2, -0.15) is 0 Å². The number of benzene rings is 2. The lowest BCUT2D eigenvalue weighted by atomic mass is 10.1. The fourth-order valence-corrected chi connectivity index (χ4v) is 2.48. The van der Waals surface area contributed by atoms with Crippen molar-refractivity contribution in [3.05, 3.63) is 48.0 Å². The van der Waals surface area contributed by atoms with E-state index in [1.54, 1.807) is 33.5 Å². The Morgan fingerprint density at radius 3 is 2.12 bits per heavy atom. The van der Waals surface area contributed by atoms with E-state index in [2.05, 4.69) is 10.6 Å². The molecule has 0 saturated heterocycles. The van der Waals surface area contributed by atoms with Crippen LogP contribution in [0.15, 0.2) is 42.5 Å². The Hall–Kier alpha value is -2.89. The van der Waals surface area contributed by atoms with Crippen LogP contribution >= 0.6 is 0 Å². The highest BCUT2D eigenvalue weighted by atomic mass is 16.5. The maximum absolute atomic E-state index is 12.2. The van der Waals surface area contributed by atoms with Crippen LogP contribution in [0.1, 0.15) is 18.5 Å². The highest BCUT2D eigenvalue weighted by Gasteiger charge is 2.14. The summed E-state index contributed by atoms with van der Waals surface area (Å²) >= 11 is 0. The van der Waals surface area contributed by atoms with Gasteiger partial charge in [-0.3, -0.25) is 4.79 Å². The van der Waals surface area contributed by atoms with Gasteiger partial charge in [0.15, 0.2) is 11.5 Å². The van der Waals surface area contributed by atoms with Crippen LogP contribution in [0.25, 0.3) is 0 Å². The molecular formula is C19H24N2O4. The lowest BCUT2D eigenvalue weighted by Gasteiger charge is -2.17. The quantitative estimate of drug-likeness (QED) is 0.770. The van der Waals surface area contributed by atoms with E-state index >= 15 is 0 Å². The summed E-state index contributed by atoms with van der Waals surface area (Å²) in [5, 5.41) is 6.03. The number of methoxy groups -OCH3 is 3. The van der Waals surface area contributed by atoms with Gasteiger partial charge in [0.1, 0.15) is 0 Å². The summed E-state index contributed by atoms with van der Waals surface area (Å²) in [7, 11) is 4.65. The second-order valence-corrected chi connectivity index (χ2v) is 5.47. The van der Waals surface area contributed by atoms with E-state index < -0.39 is 0 Å². The number of ether oxygens (including phenoxy) is 3. The number of hydrogen-bond donors (Lipinski definition) is 2. The van der Waals surface area contributed by atoms with Crippen molar-refractivity contribution in [2.45, 2.75) is 13.0 Å². The minimum atomic E-state index is -0.106. The van der Waals surface area contributed by atoms with E-state index in [0.717, 1.165) is 5.56 Å². The normalized spacial score (nSPS) is 11.4. The van der Waals surface area contributed by atoms with Crippen molar-refractivity contribution < 1.29 is 19.0 Å². The Balaban J connectivity index is 1.99. The Kier molecular flexibility index (Phi) is 6.51. The van der Waals surface area contributed by atoms with Gasteiger partial charge in [-0.1, -0.05) is 30.3 Å². The summed E-state index contributed by atoms with van der Waals surface area (Å²) in [4.78, 5) is 12.2. The first-order chi connectivity index (χ1) is 12.1. The van der Waals surface area contributed by atoms with Crippen LogP contribution in [-0.2, 0) is 4.79 Å². The molecular weight excluding hydrogens is 320 g/mol. The third-order valence-corrected chi connectivity index (χ3v) is 3.79. The summed E-state index contributed by atoms with van der Waals surface area (Å²) < 4.78 is 15.9. The number of nitrogens with one attached hydrogen (secondary N) is 2. The van der Waals surface area contributed by atoms with Gasteiger partial charge in [0, 0.05) is 17.8 Å². The minimum Gasteiger partial charge on any atom is -0.493 e. The summed E-state index contributed by atoms with van der Waals surface area (Å²) in [6, 6.07) is 13.3. The zero-order chi connectivity index (χ0) is 18.2. The van der Waals surface area contributed by atoms with Gasteiger partial charge >= 0.3 is 0 Å². The smallest absolute Gasteiger partial charge is 0.239 e. The van der Waals surface area contributed by atoms with Crippen molar-refractivity contribution in [1.82, 2.24) is 5.32 Å². The van der Waals surface area contributed by atoms with E-state index in [4.69, 9.17) is 14.2 Å². The molecule has 0 heterocycles. The average molecular weight is 344 g/mol. The lowest BCUT2D eigenvalue weighted by molar-refractivity contribution is -0.120. The van der Waals surface area contributed by atoms with Crippen LogP contribution in [0, 0.1) is 0 Å². The molecule has 2 rings (SSSR count). The Bertz CT molecular complexity index is 679. The van der Waals surface area contributed by atoms with E-state index in [0.29, 0.717) is 22.9 Å². The summed E-state index contributed by atoms with van der Waals surface area (Å²) in [6.45, 7) is 2.09. The maximum Gasteiger partial charge on any atom is 0.239 e. The Labute approximate surface area is 148 Å². The number of anilines is 1. The molecule has 2 aromatic carbocycles. The summed E-state index contributed by atoms with van der Waals surface area (Å²) in [5.41, 5.74) is 1.76. The number of amides is 1. The zero-order valence-electron chi connectivity index (χ0n) is 15.0. The van der Waals surface area contributed by atoms with Crippen molar-refractivity contribution in [1.29, 1.82) is 0 Å². The van der Waals surface area contributed by atoms with Crippen molar-refractivity contribution in [3.63, 3.8) is 0 Å². The molecule has 0 fully saturated rings. The van der Waals surface area contributed by atoms with Gasteiger partial charge in [-0.25, -0.2) is 0 Å². The third kappa shape index (κ3) is 4.79. The average Bonchev–Trinajstić information content (AvgIpc) is 2.65. The highest BCUT2D eigenvalue weighted by Crippen LogP contribution is 2.39. The van der Waals surface area contributed by atoms with E-state index in [1.807, 2.05) is 37.3 Å². The molecule has 0 aliphatic rings. The Morgan fingerprint density at radius 1 is 1.00 bits per heavy atom. The number of carbonyl (C=O) groups is 1. The first-order valence-electron chi connectivity index (χ1n) is 7.97. The van der Waals surface area contributed by atoms with Crippen molar-refractivity contribution in [3.8, 4) is 17.2 Å². The fraction of sp³-hybridized carbons (Fsp3) is 0.316. The molecule has 0 spiro atoms. The van der Waals surface area contributed by atoms with Gasteiger partial charge < -0.3 is 24.8 Å². The third-order valence-electron chi connectivity index (χ3n) is 3.79. The SMILES string of the molecule is COc1cc(NCC(=O)NC(C)c2ccccc2)cc(OC)c1OC. The molecule has 6 heteroatoms. The molecule has 0 aromatic heterocycles. The molecule has 2 N–H and O–H groups in total. The van der Waals surface area contributed by atoms with Gasteiger partial charge in [0.25, 0.3) is 0 Å². The molecule has 2 aromatic rings. The molecule has 1 amide bonds. The van der Waals surface area contributed by atoms with Crippen molar-refractivity contribution in [2.24, 2.45) is 0 Å². The van der Waals surface area contributed by atoms with Crippen LogP contribution in [0.4, 0.5) is 5.69 Å². The maximum atomic E-state index is 12.2. The van der Waals surface area contributed by atoms with E-state index in [9.17, 15) is 4.79 Å². The number of rotatable bonds is 8. The first kappa shape index (κ1) is 18.4. The zero-order valence-corrected chi connectivity index (χ0v) is 15.0. The number of hydrogen-bond acceptors (Lipinski definition) is 5. The van der Waals surface area contributed by atoms with E-state index in [-0.39, 0.29) is 18.5 Å². The molecule has 0 aliphatic heterocycles. The second-order valence-electron chi connectivity index (χ2n) is 5.47. The van der Waals surface area contributed by atoms with Gasteiger partial charge in [0.2, 0.25) is 11.7 Å². The topological polar surface area (TPSA) is 68.8 Å². The van der Waals surface area contributed by atoms with Crippen LogP contribution in [0.2, 0.25) is 0 Å². The molecule has 6 nitrogen and oxygen atoms in total. The predicted octanol–water partition coefficient (Wildman–Crippen LogP) is 3.00. The van der Waals surface area contributed by atoms with Gasteiger partial charge in [-0.15, -0.1) is 0 Å². The van der Waals surface area contributed by atoms with Crippen LogP contribution in [0.3, 0.4) is 0 Å². The number of carbonyl (C=O) groups excluding carboxylic acids is 1. The predicted molar refractivity (Wildman–Crippen MR) is 97.6 cm³/mol. The van der Waals surface area contributed by atoms with Gasteiger partial charge in [0.05, 0.1) is 33.9 Å². The van der Waals surface area contributed by atoms with Gasteiger partial charge in [-0.05, 0) is 12.5 Å². The summed E-state index contributed by atoms with van der Waals surface area (Å²) in [5.74, 6) is 1.47. The standard InChI is InChI=1S/C19H24N2O4/c1-13(14-8-6-5-7-9-14)21-18(22)12-20-15-10-16(23-2)19(25-4)17(11-15)24-3/h5-11,13,20H,12H2,1-4H3,(H,21,22). The molecule has 134 valence electrons. The molecule has 0 bridgehead atoms. The molecule has 0 saturated carbocycles. The fourth-order valence-electron chi connectivity index (χ4n) is 2.48. The molecule has 1 unspecified atom stereocenters. The van der Waals surface area contributed by atoms with Crippen molar-refractivity contribution in [2.75, 3.05) is 33.2 Å². The monoisotopic (exact) mass is 344 g/mol. The lowest BCUT2D eigenvalue weighted by Crippen LogP contribution is -2.32. The second kappa shape index (κ2) is 8.82. The van der Waals surface area contributed by atoms with Crippen LogP contribution in [-0.4, -0.2) is 33.8 Å². The highest BCUT2D eigenvalue weighted by molar-refractivity contribution is 5.81. The largest absolute Gasteiger partial charge is 0.493 e. The minimum absolute atomic E-state index is 0.0598.